The molecule has 8 heteroatoms. The predicted molar refractivity (Wildman–Crippen MR) is 131 cm³/mol. The van der Waals surface area contributed by atoms with Gasteiger partial charge in [0, 0.05) is 17.7 Å². The van der Waals surface area contributed by atoms with E-state index < -0.39 is 10.0 Å². The largest absolute Gasteiger partial charge is 0.490 e. The molecule has 0 saturated carbocycles. The molecular formula is C26H28N2O5S. The number of hydrogen-bond donors (Lipinski definition) is 2. The fraction of sp³-hybridized carbons (Fsp3) is 0.269. The maximum Gasteiger partial charge on any atom is 0.261 e. The van der Waals surface area contributed by atoms with Crippen LogP contribution in [0.2, 0.25) is 0 Å². The molecule has 0 aliphatic carbocycles. The van der Waals surface area contributed by atoms with Crippen LogP contribution in [-0.4, -0.2) is 27.5 Å². The third-order valence-electron chi connectivity index (χ3n) is 5.65. The summed E-state index contributed by atoms with van der Waals surface area (Å²) in [4.78, 5) is 13.1. The fourth-order valence-corrected chi connectivity index (χ4v) is 4.82. The Labute approximate surface area is 200 Å². The van der Waals surface area contributed by atoms with Crippen molar-refractivity contribution in [3.05, 3.63) is 82.9 Å². The number of nitrogens with one attached hydrogen (secondary N) is 2. The molecule has 0 spiro atoms. The standard InChI is InChI=1S/C26H28N2O5S/c1-17-6-4-7-21(14-17)28-34(30,31)22-10-8-18(2)23(16-22)26(29)27-19(3)20-9-11-24-25(15-20)33-13-5-12-32-24/h4,6-11,14-16,19,28H,5,12-13H2,1-3H3,(H,27,29). The Kier molecular flexibility index (Phi) is 6.79. The second kappa shape index (κ2) is 9.77. The summed E-state index contributed by atoms with van der Waals surface area (Å²) < 4.78 is 39.9. The van der Waals surface area contributed by atoms with Crippen LogP contribution in [-0.2, 0) is 10.0 Å². The topological polar surface area (TPSA) is 93.7 Å². The van der Waals surface area contributed by atoms with E-state index in [-0.39, 0.29) is 16.8 Å². The highest BCUT2D eigenvalue weighted by molar-refractivity contribution is 7.92. The lowest BCUT2D eigenvalue weighted by Gasteiger charge is -2.18. The average molecular weight is 481 g/mol. The van der Waals surface area contributed by atoms with E-state index in [1.54, 1.807) is 31.2 Å². The van der Waals surface area contributed by atoms with Crippen LogP contribution in [0.3, 0.4) is 0 Å². The lowest BCUT2D eigenvalue weighted by molar-refractivity contribution is 0.0939. The number of benzene rings is 3. The van der Waals surface area contributed by atoms with Crippen molar-refractivity contribution >= 4 is 21.6 Å². The minimum Gasteiger partial charge on any atom is -0.490 e. The van der Waals surface area contributed by atoms with Gasteiger partial charge in [-0.05, 0) is 73.9 Å². The van der Waals surface area contributed by atoms with Crippen molar-refractivity contribution < 1.29 is 22.7 Å². The number of fused-ring (bicyclic) bond motifs is 1. The maximum absolute atomic E-state index is 13.1. The summed E-state index contributed by atoms with van der Waals surface area (Å²) >= 11 is 0. The zero-order valence-electron chi connectivity index (χ0n) is 19.4. The van der Waals surface area contributed by atoms with Crippen LogP contribution in [0.1, 0.15) is 46.4 Å². The molecule has 1 amide bonds. The van der Waals surface area contributed by atoms with E-state index in [9.17, 15) is 13.2 Å². The van der Waals surface area contributed by atoms with Crippen LogP contribution < -0.4 is 19.5 Å². The number of anilines is 1. The number of amides is 1. The average Bonchev–Trinajstić information content (AvgIpc) is 3.03. The van der Waals surface area contributed by atoms with Crippen molar-refractivity contribution in [2.45, 2.75) is 38.1 Å². The van der Waals surface area contributed by atoms with Gasteiger partial charge in [0.2, 0.25) is 0 Å². The van der Waals surface area contributed by atoms with E-state index in [2.05, 4.69) is 10.0 Å². The van der Waals surface area contributed by atoms with Crippen LogP contribution in [0.25, 0.3) is 0 Å². The summed E-state index contributed by atoms with van der Waals surface area (Å²) in [7, 11) is -3.86. The van der Waals surface area contributed by atoms with Gasteiger partial charge in [-0.1, -0.05) is 24.3 Å². The quantitative estimate of drug-likeness (QED) is 0.531. The molecular weight excluding hydrogens is 452 g/mol. The predicted octanol–water partition coefficient (Wildman–Crippen LogP) is 4.76. The van der Waals surface area contributed by atoms with Crippen molar-refractivity contribution in [1.82, 2.24) is 5.32 Å². The highest BCUT2D eigenvalue weighted by Gasteiger charge is 2.20. The monoisotopic (exact) mass is 480 g/mol. The Morgan fingerprint density at radius 2 is 1.71 bits per heavy atom. The molecule has 0 fully saturated rings. The number of ether oxygens (including phenoxy) is 2. The van der Waals surface area contributed by atoms with Crippen LogP contribution in [0, 0.1) is 13.8 Å². The van der Waals surface area contributed by atoms with Gasteiger partial charge in [-0.25, -0.2) is 8.42 Å². The Hall–Kier alpha value is -3.52. The summed E-state index contributed by atoms with van der Waals surface area (Å²) in [6.07, 6.45) is 0.813. The molecule has 3 aromatic rings. The Balaban J connectivity index is 1.53. The van der Waals surface area contributed by atoms with Crippen molar-refractivity contribution in [2.24, 2.45) is 0 Å². The number of rotatable bonds is 6. The third kappa shape index (κ3) is 5.34. The molecule has 1 heterocycles. The Morgan fingerprint density at radius 3 is 2.47 bits per heavy atom. The molecule has 4 rings (SSSR count). The highest BCUT2D eigenvalue weighted by atomic mass is 32.2. The van der Waals surface area contributed by atoms with Gasteiger partial charge in [0.25, 0.3) is 15.9 Å². The van der Waals surface area contributed by atoms with E-state index >= 15 is 0 Å². The normalized spacial score (nSPS) is 14.1. The van der Waals surface area contributed by atoms with E-state index in [1.807, 2.05) is 38.1 Å². The third-order valence-corrected chi connectivity index (χ3v) is 7.03. The summed E-state index contributed by atoms with van der Waals surface area (Å²) in [5.41, 5.74) is 3.24. The smallest absolute Gasteiger partial charge is 0.261 e. The molecule has 34 heavy (non-hydrogen) atoms. The van der Waals surface area contributed by atoms with Crippen LogP contribution >= 0.6 is 0 Å². The van der Waals surface area contributed by atoms with Gasteiger partial charge in [0.15, 0.2) is 11.5 Å². The first-order valence-electron chi connectivity index (χ1n) is 11.1. The summed E-state index contributed by atoms with van der Waals surface area (Å²) in [6.45, 7) is 6.71. The first-order chi connectivity index (χ1) is 16.2. The maximum atomic E-state index is 13.1. The Morgan fingerprint density at radius 1 is 0.941 bits per heavy atom. The first-order valence-corrected chi connectivity index (χ1v) is 12.6. The van der Waals surface area contributed by atoms with Gasteiger partial charge in [-0.2, -0.15) is 0 Å². The van der Waals surface area contributed by atoms with Crippen molar-refractivity contribution in [1.29, 1.82) is 0 Å². The number of hydrogen-bond acceptors (Lipinski definition) is 5. The second-order valence-electron chi connectivity index (χ2n) is 8.40. The molecule has 0 aromatic heterocycles. The molecule has 2 N–H and O–H groups in total. The van der Waals surface area contributed by atoms with Crippen LogP contribution in [0.15, 0.2) is 65.6 Å². The SMILES string of the molecule is Cc1cccc(NS(=O)(=O)c2ccc(C)c(C(=O)NC(C)c3ccc4c(c3)OCCCO4)c2)c1. The number of sulfonamides is 1. The molecule has 178 valence electrons. The minimum absolute atomic E-state index is 0.0213. The molecule has 1 aliphatic heterocycles. The van der Waals surface area contributed by atoms with Gasteiger partial charge in [0.1, 0.15) is 0 Å². The molecule has 1 unspecified atom stereocenters. The Bertz CT molecular complexity index is 1320. The van der Waals surface area contributed by atoms with Crippen LogP contribution in [0.4, 0.5) is 5.69 Å². The zero-order valence-corrected chi connectivity index (χ0v) is 20.2. The van der Waals surface area contributed by atoms with Gasteiger partial charge in [-0.3, -0.25) is 9.52 Å². The van der Waals surface area contributed by atoms with Gasteiger partial charge >= 0.3 is 0 Å². The zero-order chi connectivity index (χ0) is 24.3. The van der Waals surface area contributed by atoms with Crippen molar-refractivity contribution in [3.63, 3.8) is 0 Å². The second-order valence-corrected chi connectivity index (χ2v) is 10.1. The van der Waals surface area contributed by atoms with Crippen molar-refractivity contribution in [2.75, 3.05) is 17.9 Å². The molecule has 7 nitrogen and oxygen atoms in total. The minimum atomic E-state index is -3.86. The van der Waals surface area contributed by atoms with Crippen molar-refractivity contribution in [3.8, 4) is 11.5 Å². The molecule has 0 radical (unpaired) electrons. The summed E-state index contributed by atoms with van der Waals surface area (Å²) in [5, 5.41) is 2.96. The lowest BCUT2D eigenvalue weighted by atomic mass is 10.1. The molecule has 0 saturated heterocycles. The van der Waals surface area contributed by atoms with Gasteiger partial charge in [-0.15, -0.1) is 0 Å². The molecule has 3 aromatic carbocycles. The molecule has 1 aliphatic rings. The summed E-state index contributed by atoms with van der Waals surface area (Å²) in [5.74, 6) is 0.988. The van der Waals surface area contributed by atoms with Gasteiger partial charge in [0.05, 0.1) is 24.2 Å². The highest BCUT2D eigenvalue weighted by Crippen LogP contribution is 2.32. The van der Waals surface area contributed by atoms with Gasteiger partial charge < -0.3 is 14.8 Å². The van der Waals surface area contributed by atoms with E-state index in [0.717, 1.165) is 17.5 Å². The van der Waals surface area contributed by atoms with Crippen LogP contribution in [0.5, 0.6) is 11.5 Å². The molecule has 0 bridgehead atoms. The number of aryl methyl sites for hydroxylation is 2. The number of carbonyl (C=O) groups is 1. The fourth-order valence-electron chi connectivity index (χ4n) is 3.74. The summed E-state index contributed by atoms with van der Waals surface area (Å²) in [6, 6.07) is 16.9. The molecule has 1 atom stereocenters. The van der Waals surface area contributed by atoms with E-state index in [1.165, 1.54) is 12.1 Å². The van der Waals surface area contributed by atoms with E-state index in [0.29, 0.717) is 41.5 Å². The van der Waals surface area contributed by atoms with E-state index in [4.69, 9.17) is 9.47 Å². The first kappa shape index (κ1) is 23.6. The number of carbonyl (C=O) groups excluding carboxylic acids is 1. The lowest BCUT2D eigenvalue weighted by Crippen LogP contribution is -2.27.